The van der Waals surface area contributed by atoms with E-state index in [1.165, 1.54) is 32.5 Å². The molecule has 0 bridgehead atoms. The molecule has 4 aliphatic heterocycles. The number of aryl methyl sites for hydroxylation is 2. The van der Waals surface area contributed by atoms with Crippen molar-refractivity contribution in [2.24, 2.45) is 0 Å². The third-order valence-corrected chi connectivity index (χ3v) is 13.8. The number of hydrogen-bond acceptors (Lipinski definition) is 10. The summed E-state index contributed by atoms with van der Waals surface area (Å²) in [5, 5.41) is 16.0. The van der Waals surface area contributed by atoms with Crippen LogP contribution in [0.4, 0.5) is 10.5 Å². The summed E-state index contributed by atoms with van der Waals surface area (Å²) in [6.07, 6.45) is 1.94. The Morgan fingerprint density at radius 3 is 2.07 bits per heavy atom. The quantitative estimate of drug-likeness (QED) is 0.134. The average Bonchev–Trinajstić information content (AvgIpc) is 3.96. The summed E-state index contributed by atoms with van der Waals surface area (Å²) in [5.74, 6) is -1.96. The Labute approximate surface area is 368 Å². The number of halogens is 2. The SMILES string of the molecule is Cc1ccc(CC(=O)NCc2cc3c(s2)C(=O)N(C2CCC(=O)NC2=O)C3)cc1Cl.Cc1ccc(NC(=O)NCCc2scc3c2CN(C2CCC(=O)NC2=O)C3=O)cc1Cl. The van der Waals surface area contributed by atoms with Crippen molar-refractivity contribution in [3.8, 4) is 0 Å². The summed E-state index contributed by atoms with van der Waals surface area (Å²) >= 11 is 15.0. The van der Waals surface area contributed by atoms with Gasteiger partial charge in [0.25, 0.3) is 11.8 Å². The van der Waals surface area contributed by atoms with E-state index in [9.17, 15) is 38.4 Å². The maximum Gasteiger partial charge on any atom is 0.319 e. The van der Waals surface area contributed by atoms with E-state index < -0.39 is 23.9 Å². The van der Waals surface area contributed by atoms with Crippen molar-refractivity contribution < 1.29 is 38.4 Å². The summed E-state index contributed by atoms with van der Waals surface area (Å²) in [5.41, 5.74) is 5.69. The number of hydrogen-bond donors (Lipinski definition) is 5. The minimum absolute atomic E-state index is 0.125. The predicted molar refractivity (Wildman–Crippen MR) is 229 cm³/mol. The number of anilines is 1. The monoisotopic (exact) mass is 905 g/mol. The highest BCUT2D eigenvalue weighted by Crippen LogP contribution is 2.35. The van der Waals surface area contributed by atoms with Gasteiger partial charge in [-0.2, -0.15) is 0 Å². The maximum atomic E-state index is 12.8. The van der Waals surface area contributed by atoms with Crippen molar-refractivity contribution in [2.45, 2.75) is 84.1 Å². The Kier molecular flexibility index (Phi) is 13.2. The Balaban J connectivity index is 0.000000184. The van der Waals surface area contributed by atoms with E-state index in [0.29, 0.717) is 71.6 Å². The fraction of sp³-hybridized carbons (Fsp3) is 0.333. The van der Waals surface area contributed by atoms with Crippen LogP contribution in [0.15, 0.2) is 47.8 Å². The number of benzene rings is 2. The Morgan fingerprint density at radius 2 is 1.44 bits per heavy atom. The number of urea groups is 1. The molecule has 0 aliphatic carbocycles. The topological polar surface area (TPSA) is 203 Å². The Hall–Kier alpha value is -5.62. The number of rotatable bonds is 10. The van der Waals surface area contributed by atoms with E-state index in [1.807, 2.05) is 38.1 Å². The van der Waals surface area contributed by atoms with Gasteiger partial charge in [0.15, 0.2) is 0 Å². The molecule has 2 fully saturated rings. The predicted octanol–water partition coefficient (Wildman–Crippen LogP) is 5.16. The molecule has 19 heteroatoms. The third-order valence-electron chi connectivity index (χ3n) is 10.8. The molecular weight excluding hydrogens is 866 g/mol. The zero-order chi connectivity index (χ0) is 43.5. The van der Waals surface area contributed by atoms with E-state index in [-0.39, 0.29) is 54.8 Å². The van der Waals surface area contributed by atoms with Crippen LogP contribution in [-0.2, 0) is 56.4 Å². The van der Waals surface area contributed by atoms with E-state index in [4.69, 9.17) is 23.2 Å². The molecule has 6 heterocycles. The van der Waals surface area contributed by atoms with Gasteiger partial charge in [0.1, 0.15) is 12.1 Å². The number of amides is 9. The zero-order valence-electron chi connectivity index (χ0n) is 33.1. The molecule has 5 N–H and O–H groups in total. The van der Waals surface area contributed by atoms with Crippen molar-refractivity contribution in [1.29, 1.82) is 0 Å². The van der Waals surface area contributed by atoms with E-state index in [1.54, 1.807) is 23.6 Å². The van der Waals surface area contributed by atoms with Gasteiger partial charge >= 0.3 is 6.03 Å². The van der Waals surface area contributed by atoms with Crippen LogP contribution in [0.2, 0.25) is 10.0 Å². The van der Waals surface area contributed by atoms with Gasteiger partial charge in [-0.15, -0.1) is 22.7 Å². The molecule has 4 aromatic rings. The fourth-order valence-corrected chi connectivity index (χ4v) is 9.91. The molecule has 2 aromatic carbocycles. The van der Waals surface area contributed by atoms with Gasteiger partial charge in [-0.3, -0.25) is 44.2 Å². The minimum Gasteiger partial charge on any atom is -0.351 e. The second-order valence-electron chi connectivity index (χ2n) is 15.0. The highest BCUT2D eigenvalue weighted by Gasteiger charge is 2.41. The van der Waals surface area contributed by atoms with Gasteiger partial charge in [-0.05, 0) is 85.2 Å². The molecule has 0 radical (unpaired) electrons. The number of nitrogens with zero attached hydrogens (tertiary/aromatic N) is 2. The molecule has 2 atom stereocenters. The molecular formula is C42H41Cl2N7O8S2. The average molecular weight is 907 g/mol. The Bertz CT molecular complexity index is 2490. The van der Waals surface area contributed by atoms with Crippen LogP contribution >= 0.6 is 45.9 Å². The van der Waals surface area contributed by atoms with Gasteiger partial charge in [0.05, 0.1) is 23.4 Å². The van der Waals surface area contributed by atoms with Crippen molar-refractivity contribution >= 4 is 98.9 Å². The van der Waals surface area contributed by atoms with E-state index >= 15 is 0 Å². The fourth-order valence-electron chi connectivity index (χ4n) is 7.42. The number of piperidine rings is 2. The van der Waals surface area contributed by atoms with Crippen LogP contribution in [0.5, 0.6) is 0 Å². The van der Waals surface area contributed by atoms with Gasteiger partial charge in [0.2, 0.25) is 29.5 Å². The summed E-state index contributed by atoms with van der Waals surface area (Å²) in [7, 11) is 0. The first-order chi connectivity index (χ1) is 29.1. The number of nitrogens with one attached hydrogen (secondary N) is 5. The molecule has 2 aromatic heterocycles. The number of carbonyl (C=O) groups is 8. The summed E-state index contributed by atoms with van der Waals surface area (Å²) in [6.45, 7) is 5.20. The summed E-state index contributed by atoms with van der Waals surface area (Å²) < 4.78 is 0. The molecule has 4 aliphatic rings. The first-order valence-corrected chi connectivity index (χ1v) is 21.9. The lowest BCUT2D eigenvalue weighted by atomic mass is 10.0. The standard InChI is InChI=1S/C21H21ClN4O4S.C21H20ClN3O4S/c1-11-2-3-12(8-15(11)22)24-21(30)23-7-6-17-13-9-26(20(29)14(13)10-31-17)16-4-5-18(27)25-19(16)28;1-11-2-3-12(6-15(11)22)7-18(27)23-9-14-8-13-10-25(21(29)19(13)30-14)16-4-5-17(26)24-20(16)28/h2-3,8,10,16H,4-7,9H2,1H3,(H2,23,24,30)(H,25,27,28);2-3,6,8,16H,4-5,7,9-10H2,1H3,(H,23,27)(H,24,26,28). The first-order valence-electron chi connectivity index (χ1n) is 19.5. The van der Waals surface area contributed by atoms with E-state index in [0.717, 1.165) is 37.6 Å². The van der Waals surface area contributed by atoms with E-state index in [2.05, 4.69) is 26.6 Å². The van der Waals surface area contributed by atoms with Crippen LogP contribution in [0.1, 0.15) is 83.3 Å². The number of imide groups is 2. The van der Waals surface area contributed by atoms with Crippen molar-refractivity contribution in [2.75, 3.05) is 11.9 Å². The minimum atomic E-state index is -0.624. The molecule has 8 rings (SSSR count). The van der Waals surface area contributed by atoms with Crippen LogP contribution in [-0.4, -0.2) is 75.8 Å². The highest BCUT2D eigenvalue weighted by atomic mass is 35.5. The number of carbonyl (C=O) groups excluding carboxylic acids is 8. The second-order valence-corrected chi connectivity index (χ2v) is 18.0. The Morgan fingerprint density at radius 1 is 0.803 bits per heavy atom. The second kappa shape index (κ2) is 18.6. The van der Waals surface area contributed by atoms with Gasteiger partial charge < -0.3 is 25.8 Å². The molecule has 2 saturated heterocycles. The van der Waals surface area contributed by atoms with Crippen LogP contribution in [0.3, 0.4) is 0 Å². The molecule has 9 amide bonds. The third kappa shape index (κ3) is 9.96. The number of fused-ring (bicyclic) bond motifs is 2. The molecule has 318 valence electrons. The van der Waals surface area contributed by atoms with Crippen molar-refractivity contribution in [3.05, 3.63) is 106 Å². The maximum absolute atomic E-state index is 12.8. The molecule has 2 unspecified atom stereocenters. The zero-order valence-corrected chi connectivity index (χ0v) is 36.2. The lowest BCUT2D eigenvalue weighted by Crippen LogP contribution is -2.52. The van der Waals surface area contributed by atoms with Crippen LogP contribution in [0, 0.1) is 13.8 Å². The molecule has 0 saturated carbocycles. The molecule has 61 heavy (non-hydrogen) atoms. The van der Waals surface area contributed by atoms with Crippen LogP contribution in [0.25, 0.3) is 0 Å². The van der Waals surface area contributed by atoms with Crippen LogP contribution < -0.4 is 26.6 Å². The number of thiophene rings is 2. The first kappa shape index (κ1) is 43.5. The van der Waals surface area contributed by atoms with Crippen molar-refractivity contribution in [1.82, 2.24) is 31.1 Å². The largest absolute Gasteiger partial charge is 0.351 e. The van der Waals surface area contributed by atoms with Gasteiger partial charge in [-0.25, -0.2) is 4.79 Å². The molecule has 0 spiro atoms. The summed E-state index contributed by atoms with van der Waals surface area (Å²) in [4.78, 5) is 102. The lowest BCUT2D eigenvalue weighted by molar-refractivity contribution is -0.138. The smallest absolute Gasteiger partial charge is 0.319 e. The van der Waals surface area contributed by atoms with Gasteiger partial charge in [-0.1, -0.05) is 41.4 Å². The highest BCUT2D eigenvalue weighted by molar-refractivity contribution is 7.14. The van der Waals surface area contributed by atoms with Crippen molar-refractivity contribution in [3.63, 3.8) is 0 Å². The molecule has 15 nitrogen and oxygen atoms in total. The summed E-state index contributed by atoms with van der Waals surface area (Å²) in [6, 6.07) is 11.2. The van der Waals surface area contributed by atoms with Gasteiger partial charge in [0, 0.05) is 63.3 Å². The normalized spacial score (nSPS) is 18.2. The lowest BCUT2D eigenvalue weighted by Gasteiger charge is -2.29.